The lowest BCUT2D eigenvalue weighted by Gasteiger charge is -2.31. The average molecular weight is 348 g/mol. The van der Waals surface area contributed by atoms with Gasteiger partial charge < -0.3 is 5.32 Å². The van der Waals surface area contributed by atoms with Crippen molar-refractivity contribution in [2.24, 2.45) is 5.92 Å². The van der Waals surface area contributed by atoms with E-state index >= 15 is 0 Å². The van der Waals surface area contributed by atoms with Gasteiger partial charge in [-0.2, -0.15) is 4.31 Å². The number of nitro groups is 1. The van der Waals surface area contributed by atoms with E-state index in [2.05, 4.69) is 5.32 Å². The predicted molar refractivity (Wildman–Crippen MR) is 83.5 cm³/mol. The standard InChI is InChI=1S/C13H18ClN3O4S/c1-15-9-10-5-7-16(8-6-10)22(20,21)13-11(14)3-2-4-12(13)17(18)19/h2-4,10,15H,5-9H2,1H3. The van der Waals surface area contributed by atoms with Gasteiger partial charge in [-0.15, -0.1) is 0 Å². The molecule has 0 atom stereocenters. The maximum Gasteiger partial charge on any atom is 0.290 e. The third-order valence-electron chi connectivity index (χ3n) is 3.81. The number of nitrogens with one attached hydrogen (secondary N) is 1. The van der Waals surface area contributed by atoms with Crippen LogP contribution in [0.2, 0.25) is 5.02 Å². The van der Waals surface area contributed by atoms with Crippen LogP contribution in [0.3, 0.4) is 0 Å². The molecule has 1 aliphatic rings. The third kappa shape index (κ3) is 3.40. The van der Waals surface area contributed by atoms with Crippen molar-refractivity contribution in [1.82, 2.24) is 9.62 Å². The average Bonchev–Trinajstić information content (AvgIpc) is 2.47. The van der Waals surface area contributed by atoms with Gasteiger partial charge in [0.15, 0.2) is 4.90 Å². The summed E-state index contributed by atoms with van der Waals surface area (Å²) in [5, 5.41) is 14.1. The highest BCUT2D eigenvalue weighted by molar-refractivity contribution is 7.89. The monoisotopic (exact) mass is 347 g/mol. The van der Waals surface area contributed by atoms with Gasteiger partial charge in [0, 0.05) is 19.2 Å². The molecular formula is C13H18ClN3O4S. The molecule has 1 fully saturated rings. The highest BCUT2D eigenvalue weighted by Crippen LogP contribution is 2.34. The molecule has 0 saturated carbocycles. The minimum absolute atomic E-state index is 0.119. The minimum Gasteiger partial charge on any atom is -0.319 e. The SMILES string of the molecule is CNCC1CCN(S(=O)(=O)c2c(Cl)cccc2[N+](=O)[O-])CC1. The van der Waals surface area contributed by atoms with E-state index in [4.69, 9.17) is 11.6 Å². The molecule has 7 nitrogen and oxygen atoms in total. The van der Waals surface area contributed by atoms with Gasteiger partial charge in [-0.05, 0) is 38.4 Å². The molecule has 9 heteroatoms. The van der Waals surface area contributed by atoms with Crippen LogP contribution in [0.4, 0.5) is 5.69 Å². The lowest BCUT2D eigenvalue weighted by atomic mass is 9.98. The molecule has 0 aromatic heterocycles. The summed E-state index contributed by atoms with van der Waals surface area (Å²) in [6.07, 6.45) is 1.44. The van der Waals surface area contributed by atoms with Gasteiger partial charge in [0.25, 0.3) is 15.7 Å². The van der Waals surface area contributed by atoms with Gasteiger partial charge in [0.05, 0.1) is 9.95 Å². The zero-order valence-electron chi connectivity index (χ0n) is 12.2. The smallest absolute Gasteiger partial charge is 0.290 e. The molecule has 0 aliphatic carbocycles. The zero-order chi connectivity index (χ0) is 16.3. The molecule has 1 aliphatic heterocycles. The maximum atomic E-state index is 12.7. The van der Waals surface area contributed by atoms with Crippen molar-refractivity contribution in [1.29, 1.82) is 0 Å². The second-order valence-corrected chi connectivity index (χ2v) is 7.53. The van der Waals surface area contributed by atoms with Crippen molar-refractivity contribution >= 4 is 27.3 Å². The van der Waals surface area contributed by atoms with Gasteiger partial charge in [-0.3, -0.25) is 10.1 Å². The van der Waals surface area contributed by atoms with E-state index in [1.54, 1.807) is 0 Å². The fraction of sp³-hybridized carbons (Fsp3) is 0.538. The van der Waals surface area contributed by atoms with Gasteiger partial charge >= 0.3 is 0 Å². The summed E-state index contributed by atoms with van der Waals surface area (Å²) in [6, 6.07) is 3.89. The maximum absolute atomic E-state index is 12.7. The normalized spacial score (nSPS) is 17.5. The number of nitrogens with zero attached hydrogens (tertiary/aromatic N) is 2. The number of halogens is 1. The molecule has 0 unspecified atom stereocenters. The summed E-state index contributed by atoms with van der Waals surface area (Å²) < 4.78 is 26.7. The van der Waals surface area contributed by atoms with Crippen molar-refractivity contribution in [3.05, 3.63) is 33.3 Å². The fourth-order valence-corrected chi connectivity index (χ4v) is 4.80. The Morgan fingerprint density at radius 2 is 2.05 bits per heavy atom. The first-order valence-electron chi connectivity index (χ1n) is 6.95. The number of nitro benzene ring substituents is 1. The van der Waals surface area contributed by atoms with Crippen molar-refractivity contribution < 1.29 is 13.3 Å². The molecule has 122 valence electrons. The second-order valence-electron chi connectivity index (χ2n) is 5.25. The quantitative estimate of drug-likeness (QED) is 0.648. The summed E-state index contributed by atoms with van der Waals surface area (Å²) in [4.78, 5) is 9.97. The predicted octanol–water partition coefficient (Wildman–Crippen LogP) is 1.87. The summed E-state index contributed by atoms with van der Waals surface area (Å²) >= 11 is 5.94. The van der Waals surface area contributed by atoms with Crippen LogP contribution < -0.4 is 5.32 Å². The first-order valence-corrected chi connectivity index (χ1v) is 8.77. The van der Waals surface area contributed by atoms with Crippen LogP contribution in [0.25, 0.3) is 0 Å². The first-order chi connectivity index (χ1) is 10.4. The van der Waals surface area contributed by atoms with Gasteiger partial charge in [-0.1, -0.05) is 17.7 Å². The Labute approximate surface area is 134 Å². The first kappa shape index (κ1) is 17.1. The number of hydrogen-bond donors (Lipinski definition) is 1. The van der Waals surface area contributed by atoms with Crippen LogP contribution in [0.15, 0.2) is 23.1 Å². The highest BCUT2D eigenvalue weighted by Gasteiger charge is 2.35. The zero-order valence-corrected chi connectivity index (χ0v) is 13.7. The van der Waals surface area contributed by atoms with Gasteiger partial charge in [0.1, 0.15) is 0 Å². The Balaban J connectivity index is 2.31. The minimum atomic E-state index is -3.97. The van der Waals surface area contributed by atoms with Crippen LogP contribution in [0.5, 0.6) is 0 Å². The summed E-state index contributed by atoms with van der Waals surface area (Å²) in [6.45, 7) is 1.52. The van der Waals surface area contributed by atoms with Crippen LogP contribution in [0, 0.1) is 16.0 Å². The van der Waals surface area contributed by atoms with Crippen molar-refractivity contribution in [3.8, 4) is 0 Å². The molecule has 0 radical (unpaired) electrons. The summed E-state index contributed by atoms with van der Waals surface area (Å²) in [5.74, 6) is 0.415. The molecular weight excluding hydrogens is 330 g/mol. The number of rotatable bonds is 5. The van der Waals surface area contributed by atoms with Gasteiger partial charge in [0.2, 0.25) is 0 Å². The van der Waals surface area contributed by atoms with E-state index in [9.17, 15) is 18.5 Å². The van der Waals surface area contributed by atoms with Crippen LogP contribution in [0.1, 0.15) is 12.8 Å². The molecule has 2 rings (SSSR count). The van der Waals surface area contributed by atoms with E-state index < -0.39 is 25.5 Å². The Morgan fingerprint density at radius 1 is 1.41 bits per heavy atom. The number of sulfonamides is 1. The largest absolute Gasteiger partial charge is 0.319 e. The van der Waals surface area contributed by atoms with Crippen LogP contribution >= 0.6 is 11.6 Å². The Bertz CT molecular complexity index is 657. The second kappa shape index (κ2) is 6.91. The number of benzene rings is 1. The van der Waals surface area contributed by atoms with Crippen molar-refractivity contribution in [2.45, 2.75) is 17.7 Å². The van der Waals surface area contributed by atoms with Crippen molar-refractivity contribution in [2.75, 3.05) is 26.7 Å². The lowest BCUT2D eigenvalue weighted by molar-refractivity contribution is -0.387. The fourth-order valence-electron chi connectivity index (χ4n) is 2.67. The van der Waals surface area contributed by atoms with E-state index in [0.29, 0.717) is 19.0 Å². The molecule has 0 bridgehead atoms. The number of piperidine rings is 1. The molecule has 22 heavy (non-hydrogen) atoms. The van der Waals surface area contributed by atoms with Crippen molar-refractivity contribution in [3.63, 3.8) is 0 Å². The van der Waals surface area contributed by atoms with Crippen LogP contribution in [-0.2, 0) is 10.0 Å². The molecule has 1 saturated heterocycles. The molecule has 1 aromatic carbocycles. The topological polar surface area (TPSA) is 92.6 Å². The van der Waals surface area contributed by atoms with Crippen LogP contribution in [-0.4, -0.2) is 44.3 Å². The lowest BCUT2D eigenvalue weighted by Crippen LogP contribution is -2.40. The molecule has 0 amide bonds. The van der Waals surface area contributed by atoms with E-state index in [0.717, 1.165) is 25.5 Å². The summed E-state index contributed by atoms with van der Waals surface area (Å²) in [7, 11) is -2.11. The molecule has 1 N–H and O–H groups in total. The number of hydrogen-bond acceptors (Lipinski definition) is 5. The Kier molecular flexibility index (Phi) is 5.38. The highest BCUT2D eigenvalue weighted by atomic mass is 35.5. The molecule has 1 aromatic rings. The van der Waals surface area contributed by atoms with E-state index in [1.165, 1.54) is 16.4 Å². The summed E-state index contributed by atoms with van der Waals surface area (Å²) in [5.41, 5.74) is -0.482. The van der Waals surface area contributed by atoms with Gasteiger partial charge in [-0.25, -0.2) is 8.42 Å². The third-order valence-corrected chi connectivity index (χ3v) is 6.22. The Hall–Kier alpha value is -1.22. The molecule has 0 spiro atoms. The van der Waals surface area contributed by atoms with E-state index in [1.807, 2.05) is 7.05 Å². The molecule has 1 heterocycles. The van der Waals surface area contributed by atoms with E-state index in [-0.39, 0.29) is 5.02 Å². The Morgan fingerprint density at radius 3 is 2.59 bits per heavy atom.